The van der Waals surface area contributed by atoms with Crippen LogP contribution in [-0.2, 0) is 0 Å². The van der Waals surface area contributed by atoms with Crippen LogP contribution in [0.15, 0.2) is 12.2 Å². The average molecular weight is 152 g/mol. The van der Waals surface area contributed by atoms with E-state index >= 15 is 0 Å². The number of hydrogen-bond donors (Lipinski definition) is 1. The van der Waals surface area contributed by atoms with Gasteiger partial charge in [-0.05, 0) is 32.1 Å². The van der Waals surface area contributed by atoms with E-state index in [1.807, 2.05) is 6.92 Å². The smallest absolute Gasteiger partial charge is 0.0713 e. The summed E-state index contributed by atoms with van der Waals surface area (Å²) in [7, 11) is 0. The third kappa shape index (κ3) is 1.02. The van der Waals surface area contributed by atoms with E-state index in [4.69, 9.17) is 0 Å². The molecule has 0 spiro atoms. The summed E-state index contributed by atoms with van der Waals surface area (Å²) >= 11 is 0. The highest BCUT2D eigenvalue weighted by Crippen LogP contribution is 2.43. The average Bonchev–Trinajstić information content (AvgIpc) is 1.82. The maximum absolute atomic E-state index is 10.1. The van der Waals surface area contributed by atoms with Crippen LogP contribution in [0.25, 0.3) is 0 Å². The standard InChI is InChI=1S/C10H16O/c1-10(11)8-4-2-5-9(10)7-3-6-8/h2,4,8-9,11H,3,5-7H2,1H3. The van der Waals surface area contributed by atoms with Crippen molar-refractivity contribution >= 4 is 0 Å². The van der Waals surface area contributed by atoms with Crippen molar-refractivity contribution in [2.45, 2.75) is 38.2 Å². The molecule has 0 aromatic carbocycles. The summed E-state index contributed by atoms with van der Waals surface area (Å²) in [4.78, 5) is 0. The molecule has 2 aliphatic rings. The third-order valence-corrected chi connectivity index (χ3v) is 3.43. The van der Waals surface area contributed by atoms with Crippen molar-refractivity contribution in [1.82, 2.24) is 0 Å². The van der Waals surface area contributed by atoms with Gasteiger partial charge in [-0.1, -0.05) is 18.6 Å². The topological polar surface area (TPSA) is 20.2 Å². The Morgan fingerprint density at radius 2 is 2.27 bits per heavy atom. The Morgan fingerprint density at radius 1 is 1.45 bits per heavy atom. The molecular weight excluding hydrogens is 136 g/mol. The molecule has 3 unspecified atom stereocenters. The summed E-state index contributed by atoms with van der Waals surface area (Å²) < 4.78 is 0. The van der Waals surface area contributed by atoms with Crippen LogP contribution in [0.5, 0.6) is 0 Å². The van der Waals surface area contributed by atoms with E-state index in [1.54, 1.807) is 0 Å². The molecule has 2 aliphatic carbocycles. The number of rotatable bonds is 0. The fourth-order valence-corrected chi connectivity index (χ4v) is 2.53. The van der Waals surface area contributed by atoms with E-state index in [9.17, 15) is 5.11 Å². The first kappa shape index (κ1) is 7.35. The molecule has 0 aromatic rings. The number of aliphatic hydroxyl groups is 1. The molecule has 1 fully saturated rings. The Labute approximate surface area is 68.1 Å². The Kier molecular flexibility index (Phi) is 1.57. The minimum Gasteiger partial charge on any atom is -0.389 e. The van der Waals surface area contributed by atoms with Gasteiger partial charge in [-0.3, -0.25) is 0 Å². The van der Waals surface area contributed by atoms with Crippen molar-refractivity contribution in [3.05, 3.63) is 12.2 Å². The van der Waals surface area contributed by atoms with Gasteiger partial charge in [-0.25, -0.2) is 0 Å². The zero-order valence-corrected chi connectivity index (χ0v) is 7.09. The molecule has 62 valence electrons. The monoisotopic (exact) mass is 152 g/mol. The highest BCUT2D eigenvalue weighted by atomic mass is 16.3. The first-order valence-corrected chi connectivity index (χ1v) is 4.60. The van der Waals surface area contributed by atoms with E-state index < -0.39 is 5.60 Å². The zero-order chi connectivity index (χ0) is 7.90. The second-order valence-corrected chi connectivity index (χ2v) is 4.12. The van der Waals surface area contributed by atoms with Gasteiger partial charge in [0, 0.05) is 5.92 Å². The molecule has 0 heterocycles. The van der Waals surface area contributed by atoms with Gasteiger partial charge in [0.25, 0.3) is 0 Å². The summed E-state index contributed by atoms with van der Waals surface area (Å²) in [5.41, 5.74) is -0.396. The number of allylic oxidation sites excluding steroid dienone is 1. The van der Waals surface area contributed by atoms with Gasteiger partial charge in [-0.2, -0.15) is 0 Å². The van der Waals surface area contributed by atoms with Crippen molar-refractivity contribution in [2.75, 3.05) is 0 Å². The second-order valence-electron chi connectivity index (χ2n) is 4.12. The molecule has 3 atom stereocenters. The Morgan fingerprint density at radius 3 is 2.91 bits per heavy atom. The van der Waals surface area contributed by atoms with Crippen LogP contribution in [0.2, 0.25) is 0 Å². The molecule has 2 rings (SSSR count). The van der Waals surface area contributed by atoms with Gasteiger partial charge in [0.15, 0.2) is 0 Å². The van der Waals surface area contributed by atoms with Gasteiger partial charge in [-0.15, -0.1) is 0 Å². The van der Waals surface area contributed by atoms with Crippen LogP contribution in [0, 0.1) is 11.8 Å². The van der Waals surface area contributed by atoms with Crippen LogP contribution >= 0.6 is 0 Å². The fourth-order valence-electron chi connectivity index (χ4n) is 2.53. The van der Waals surface area contributed by atoms with Crippen LogP contribution in [-0.4, -0.2) is 10.7 Å². The van der Waals surface area contributed by atoms with E-state index in [0.717, 1.165) is 6.42 Å². The van der Waals surface area contributed by atoms with Crippen molar-refractivity contribution in [3.8, 4) is 0 Å². The predicted molar refractivity (Wildman–Crippen MR) is 45.2 cm³/mol. The molecule has 1 heteroatoms. The lowest BCUT2D eigenvalue weighted by Gasteiger charge is -2.44. The molecule has 1 nitrogen and oxygen atoms in total. The predicted octanol–water partition coefficient (Wildman–Crippen LogP) is 2.11. The quantitative estimate of drug-likeness (QED) is 0.527. The lowest BCUT2D eigenvalue weighted by atomic mass is 9.65. The first-order chi connectivity index (χ1) is 5.21. The molecule has 0 amide bonds. The van der Waals surface area contributed by atoms with E-state index in [2.05, 4.69) is 12.2 Å². The SMILES string of the molecule is CC1(O)C2C=CCC1CCC2. The lowest BCUT2D eigenvalue weighted by molar-refractivity contribution is -0.0671. The summed E-state index contributed by atoms with van der Waals surface area (Å²) in [6.45, 7) is 2.00. The molecule has 0 aliphatic heterocycles. The van der Waals surface area contributed by atoms with Gasteiger partial charge in [0.05, 0.1) is 5.60 Å². The van der Waals surface area contributed by atoms with Crippen molar-refractivity contribution in [1.29, 1.82) is 0 Å². The third-order valence-electron chi connectivity index (χ3n) is 3.43. The van der Waals surface area contributed by atoms with Crippen LogP contribution in [0.1, 0.15) is 32.6 Å². The van der Waals surface area contributed by atoms with Gasteiger partial charge in [0.1, 0.15) is 0 Å². The molecule has 11 heavy (non-hydrogen) atoms. The van der Waals surface area contributed by atoms with Gasteiger partial charge < -0.3 is 5.11 Å². The van der Waals surface area contributed by atoms with E-state index in [0.29, 0.717) is 11.8 Å². The van der Waals surface area contributed by atoms with Gasteiger partial charge >= 0.3 is 0 Å². The molecule has 0 radical (unpaired) electrons. The highest BCUT2D eigenvalue weighted by Gasteiger charge is 2.42. The van der Waals surface area contributed by atoms with Gasteiger partial charge in [0.2, 0.25) is 0 Å². The lowest BCUT2D eigenvalue weighted by Crippen LogP contribution is -2.46. The van der Waals surface area contributed by atoms with Crippen LogP contribution in [0.4, 0.5) is 0 Å². The minimum absolute atomic E-state index is 0.396. The van der Waals surface area contributed by atoms with E-state index in [1.165, 1.54) is 19.3 Å². The zero-order valence-electron chi connectivity index (χ0n) is 7.09. The summed E-state index contributed by atoms with van der Waals surface area (Å²) in [6.07, 6.45) is 9.23. The summed E-state index contributed by atoms with van der Waals surface area (Å²) in [5, 5.41) is 10.1. The van der Waals surface area contributed by atoms with Crippen molar-refractivity contribution < 1.29 is 5.11 Å². The Hall–Kier alpha value is -0.300. The molecule has 1 saturated carbocycles. The normalized spacial score (nSPS) is 49.3. The number of fused-ring (bicyclic) bond motifs is 2. The Bertz CT molecular complexity index is 181. The van der Waals surface area contributed by atoms with Crippen molar-refractivity contribution in [2.24, 2.45) is 11.8 Å². The molecule has 0 saturated heterocycles. The van der Waals surface area contributed by atoms with E-state index in [-0.39, 0.29) is 0 Å². The second kappa shape index (κ2) is 2.34. The van der Waals surface area contributed by atoms with Crippen molar-refractivity contribution in [3.63, 3.8) is 0 Å². The summed E-state index contributed by atoms with van der Waals surface area (Å²) in [5.74, 6) is 0.973. The molecular formula is C10H16O. The largest absolute Gasteiger partial charge is 0.389 e. The molecule has 1 N–H and O–H groups in total. The molecule has 2 bridgehead atoms. The minimum atomic E-state index is -0.396. The highest BCUT2D eigenvalue weighted by molar-refractivity contribution is 5.09. The maximum atomic E-state index is 10.1. The summed E-state index contributed by atoms with van der Waals surface area (Å²) in [6, 6.07) is 0. The number of hydrogen-bond acceptors (Lipinski definition) is 1. The fraction of sp³-hybridized carbons (Fsp3) is 0.800. The Balaban J connectivity index is 2.28. The van der Waals surface area contributed by atoms with Crippen LogP contribution < -0.4 is 0 Å². The molecule has 0 aromatic heterocycles. The maximum Gasteiger partial charge on any atom is 0.0713 e. The first-order valence-electron chi connectivity index (χ1n) is 4.60. The van der Waals surface area contributed by atoms with Crippen LogP contribution in [0.3, 0.4) is 0 Å².